The predicted molar refractivity (Wildman–Crippen MR) is 117 cm³/mol. The highest BCUT2D eigenvalue weighted by Gasteiger charge is 2.23. The van der Waals surface area contributed by atoms with Gasteiger partial charge >= 0.3 is 0 Å². The second kappa shape index (κ2) is 9.47. The number of sulfonamides is 1. The topological polar surface area (TPSA) is 84.5 Å². The first-order valence-corrected chi connectivity index (χ1v) is 11.8. The van der Waals surface area contributed by atoms with E-state index < -0.39 is 10.0 Å². The van der Waals surface area contributed by atoms with E-state index in [0.717, 1.165) is 18.4 Å². The number of carbonyl (C=O) groups excluding carboxylic acids is 1. The SMILES string of the molecule is CC(C)(CNC(=O)c1cccc(S(=O)(=O)NCC2CCCO2)c1)c1ccc(Cl)cc1. The summed E-state index contributed by atoms with van der Waals surface area (Å²) in [5, 5.41) is 3.56. The van der Waals surface area contributed by atoms with Crippen LogP contribution >= 0.6 is 11.6 Å². The van der Waals surface area contributed by atoms with Crippen molar-refractivity contribution in [2.45, 2.75) is 43.1 Å². The number of nitrogens with one attached hydrogen (secondary N) is 2. The second-order valence-electron chi connectivity index (χ2n) is 8.09. The fourth-order valence-electron chi connectivity index (χ4n) is 3.30. The zero-order valence-corrected chi connectivity index (χ0v) is 18.7. The minimum atomic E-state index is -3.72. The molecule has 162 valence electrons. The maximum atomic E-state index is 12.7. The Kier molecular flexibility index (Phi) is 7.18. The maximum Gasteiger partial charge on any atom is 0.251 e. The van der Waals surface area contributed by atoms with Crippen molar-refractivity contribution in [3.63, 3.8) is 0 Å². The van der Waals surface area contributed by atoms with Crippen LogP contribution in [-0.4, -0.2) is 40.1 Å². The van der Waals surface area contributed by atoms with Gasteiger partial charge in [-0.25, -0.2) is 13.1 Å². The van der Waals surface area contributed by atoms with Crippen molar-refractivity contribution < 1.29 is 17.9 Å². The van der Waals surface area contributed by atoms with E-state index in [2.05, 4.69) is 10.0 Å². The van der Waals surface area contributed by atoms with Crippen LogP contribution in [0.5, 0.6) is 0 Å². The molecule has 1 unspecified atom stereocenters. The molecule has 0 bridgehead atoms. The summed E-state index contributed by atoms with van der Waals surface area (Å²) in [5.41, 5.74) is 1.02. The number of carbonyl (C=O) groups is 1. The van der Waals surface area contributed by atoms with E-state index in [4.69, 9.17) is 16.3 Å². The number of halogens is 1. The predicted octanol–water partition coefficient (Wildman–Crippen LogP) is 3.50. The number of benzene rings is 2. The van der Waals surface area contributed by atoms with E-state index in [1.165, 1.54) is 12.1 Å². The van der Waals surface area contributed by atoms with Gasteiger partial charge in [0.05, 0.1) is 11.0 Å². The average Bonchev–Trinajstić information content (AvgIpc) is 3.25. The molecule has 2 aromatic rings. The third-order valence-corrected chi connectivity index (χ3v) is 6.92. The molecule has 1 aliphatic heterocycles. The van der Waals surface area contributed by atoms with Gasteiger partial charge in [0.25, 0.3) is 5.91 Å². The highest BCUT2D eigenvalue weighted by molar-refractivity contribution is 7.89. The largest absolute Gasteiger partial charge is 0.377 e. The van der Waals surface area contributed by atoms with E-state index in [1.54, 1.807) is 12.1 Å². The van der Waals surface area contributed by atoms with Crippen molar-refractivity contribution in [2.24, 2.45) is 0 Å². The van der Waals surface area contributed by atoms with Gasteiger partial charge in [0.15, 0.2) is 0 Å². The lowest BCUT2D eigenvalue weighted by Crippen LogP contribution is -2.36. The summed E-state index contributed by atoms with van der Waals surface area (Å²) < 4.78 is 33.2. The molecule has 1 aliphatic rings. The van der Waals surface area contributed by atoms with Crippen LogP contribution in [0.1, 0.15) is 42.6 Å². The molecule has 0 radical (unpaired) electrons. The summed E-state index contributed by atoms with van der Waals surface area (Å²) in [6, 6.07) is 13.5. The number of ether oxygens (including phenoxy) is 1. The van der Waals surface area contributed by atoms with Crippen LogP contribution in [0.2, 0.25) is 5.02 Å². The van der Waals surface area contributed by atoms with E-state index in [-0.39, 0.29) is 28.9 Å². The number of rotatable bonds is 8. The molecule has 2 N–H and O–H groups in total. The fraction of sp³-hybridized carbons (Fsp3) is 0.409. The highest BCUT2D eigenvalue weighted by Crippen LogP contribution is 2.24. The molecule has 0 aromatic heterocycles. The van der Waals surface area contributed by atoms with E-state index >= 15 is 0 Å². The molecule has 0 aliphatic carbocycles. The zero-order valence-electron chi connectivity index (χ0n) is 17.2. The molecule has 30 heavy (non-hydrogen) atoms. The van der Waals surface area contributed by atoms with E-state index in [0.29, 0.717) is 23.7 Å². The second-order valence-corrected chi connectivity index (χ2v) is 10.3. The third-order valence-electron chi connectivity index (χ3n) is 5.25. The Morgan fingerprint density at radius 1 is 1.20 bits per heavy atom. The van der Waals surface area contributed by atoms with Crippen LogP contribution < -0.4 is 10.0 Å². The van der Waals surface area contributed by atoms with Crippen molar-refractivity contribution in [1.29, 1.82) is 0 Å². The first-order valence-electron chi connectivity index (χ1n) is 9.93. The van der Waals surface area contributed by atoms with Crippen LogP contribution in [0.3, 0.4) is 0 Å². The van der Waals surface area contributed by atoms with Crippen molar-refractivity contribution in [3.05, 3.63) is 64.7 Å². The van der Waals surface area contributed by atoms with E-state index in [9.17, 15) is 13.2 Å². The lowest BCUT2D eigenvalue weighted by molar-refractivity contribution is 0.0945. The quantitative estimate of drug-likeness (QED) is 0.644. The summed E-state index contributed by atoms with van der Waals surface area (Å²) in [6.07, 6.45) is 1.68. The number of hydrogen-bond donors (Lipinski definition) is 2. The van der Waals surface area contributed by atoms with Crippen LogP contribution in [0.15, 0.2) is 53.4 Å². The molecule has 1 fully saturated rings. The van der Waals surface area contributed by atoms with Gasteiger partial charge in [-0.2, -0.15) is 0 Å². The van der Waals surface area contributed by atoms with Gasteiger partial charge in [0, 0.05) is 35.7 Å². The van der Waals surface area contributed by atoms with Gasteiger partial charge in [-0.3, -0.25) is 4.79 Å². The summed E-state index contributed by atoms with van der Waals surface area (Å²) in [7, 11) is -3.72. The average molecular weight is 451 g/mol. The monoisotopic (exact) mass is 450 g/mol. The van der Waals surface area contributed by atoms with Gasteiger partial charge in [0.2, 0.25) is 10.0 Å². The first-order chi connectivity index (χ1) is 14.2. The summed E-state index contributed by atoms with van der Waals surface area (Å²) in [6.45, 7) is 5.32. The van der Waals surface area contributed by atoms with Crippen molar-refractivity contribution >= 4 is 27.5 Å². The van der Waals surface area contributed by atoms with Gasteiger partial charge < -0.3 is 10.1 Å². The molecule has 1 saturated heterocycles. The fourth-order valence-corrected chi connectivity index (χ4v) is 4.54. The number of hydrogen-bond acceptors (Lipinski definition) is 4. The van der Waals surface area contributed by atoms with Crippen LogP contribution in [0, 0.1) is 0 Å². The molecule has 8 heteroatoms. The standard InChI is InChI=1S/C22H27ClN2O4S/c1-22(2,17-8-10-18(23)11-9-17)15-24-21(26)16-5-3-7-20(13-16)30(27,28)25-14-19-6-4-12-29-19/h3,5,7-11,13,19,25H,4,6,12,14-15H2,1-2H3,(H,24,26). The van der Waals surface area contributed by atoms with Crippen molar-refractivity contribution in [2.75, 3.05) is 19.7 Å². The molecular formula is C22H27ClN2O4S. The van der Waals surface area contributed by atoms with Gasteiger partial charge in [-0.1, -0.05) is 43.6 Å². The Bertz CT molecular complexity index is 984. The Hall–Kier alpha value is -1.93. The lowest BCUT2D eigenvalue weighted by atomic mass is 9.84. The third kappa shape index (κ3) is 5.82. The van der Waals surface area contributed by atoms with Crippen LogP contribution in [0.25, 0.3) is 0 Å². The Labute approximate surface area is 183 Å². The number of amides is 1. The maximum absolute atomic E-state index is 12.7. The minimum absolute atomic E-state index is 0.0603. The smallest absolute Gasteiger partial charge is 0.251 e. The van der Waals surface area contributed by atoms with Gasteiger partial charge in [-0.05, 0) is 48.7 Å². The first kappa shape index (κ1) is 22.7. The molecule has 6 nitrogen and oxygen atoms in total. The lowest BCUT2D eigenvalue weighted by Gasteiger charge is -2.25. The van der Waals surface area contributed by atoms with Gasteiger partial charge in [0.1, 0.15) is 0 Å². The summed E-state index contributed by atoms with van der Waals surface area (Å²) in [5.74, 6) is -0.326. The Morgan fingerprint density at radius 3 is 2.60 bits per heavy atom. The molecule has 2 aromatic carbocycles. The summed E-state index contributed by atoms with van der Waals surface area (Å²) in [4.78, 5) is 12.7. The molecule has 1 amide bonds. The highest BCUT2D eigenvalue weighted by atomic mass is 35.5. The minimum Gasteiger partial charge on any atom is -0.377 e. The summed E-state index contributed by atoms with van der Waals surface area (Å²) >= 11 is 5.95. The van der Waals surface area contributed by atoms with Crippen LogP contribution in [0.4, 0.5) is 0 Å². The Balaban J connectivity index is 1.64. The molecule has 0 spiro atoms. The van der Waals surface area contributed by atoms with Crippen molar-refractivity contribution in [3.8, 4) is 0 Å². The Morgan fingerprint density at radius 2 is 1.93 bits per heavy atom. The molecular weight excluding hydrogens is 424 g/mol. The van der Waals surface area contributed by atoms with E-state index in [1.807, 2.05) is 38.1 Å². The van der Waals surface area contributed by atoms with Crippen LogP contribution in [-0.2, 0) is 20.2 Å². The molecule has 3 rings (SSSR count). The van der Waals surface area contributed by atoms with Crippen molar-refractivity contribution in [1.82, 2.24) is 10.0 Å². The zero-order chi connectivity index (χ0) is 21.8. The molecule has 0 saturated carbocycles. The molecule has 1 heterocycles. The normalized spacial score (nSPS) is 17.1. The van der Waals surface area contributed by atoms with Gasteiger partial charge in [-0.15, -0.1) is 0 Å². The molecule has 1 atom stereocenters.